The Kier molecular flexibility index (Phi) is 25.5. The third-order valence-electron chi connectivity index (χ3n) is 0. The number of thiocarbonyl (C=S) groups is 1. The first-order chi connectivity index (χ1) is 1.73. The van der Waals surface area contributed by atoms with Crippen molar-refractivity contribution in [3.05, 3.63) is 0 Å². The van der Waals surface area contributed by atoms with E-state index in [1.165, 1.54) is 0 Å². The first-order valence-electron chi connectivity index (χ1n) is 0.781. The Labute approximate surface area is 90.9 Å². The van der Waals surface area contributed by atoms with Crippen molar-refractivity contribution in [2.24, 2.45) is 11.5 Å². The van der Waals surface area contributed by atoms with Gasteiger partial charge in [-0.25, -0.2) is 0 Å². The van der Waals surface area contributed by atoms with E-state index in [-0.39, 0.29) is 68.9 Å². The number of halogens is 1. The predicted octanol–water partition coefficient (Wildman–Crippen LogP) is -6.80. The van der Waals surface area contributed by atoms with E-state index < -0.39 is 0 Å². The molecule has 0 saturated carbocycles. The molecule has 32 valence electrons. The molecule has 0 aromatic heterocycles. The maximum absolute atomic E-state index is 4.62. The average molecular weight is 151 g/mol. The zero-order valence-corrected chi connectivity index (χ0v) is 8.14. The molecule has 0 spiro atoms. The zero-order valence-electron chi connectivity index (χ0n) is 3.44. The van der Waals surface area contributed by atoms with Gasteiger partial charge in [0.15, 0.2) is 5.11 Å². The van der Waals surface area contributed by atoms with Gasteiger partial charge < -0.3 is 23.9 Å². The van der Waals surface area contributed by atoms with Crippen molar-refractivity contribution in [2.45, 2.75) is 0 Å². The zero-order chi connectivity index (χ0) is 3.58. The van der Waals surface area contributed by atoms with Crippen molar-refractivity contribution in [2.75, 3.05) is 0 Å². The van der Waals surface area contributed by atoms with E-state index >= 15 is 0 Å². The number of rotatable bonds is 0. The fraction of sp³-hybridized carbons (Fsp3) is 0. The third kappa shape index (κ3) is 45.8. The molecule has 0 heterocycles. The minimum Gasteiger partial charge on any atom is -1.00 e. The minimum absolute atomic E-state index is 0. The molecule has 6 heavy (non-hydrogen) atoms. The topological polar surface area (TPSA) is 52.0 Å². The molecule has 0 saturated heterocycles. The number of hydrogen-bond donors (Lipinski definition) is 2. The van der Waals surface area contributed by atoms with Crippen LogP contribution in [0.1, 0.15) is 0 Å². The smallest absolute Gasteiger partial charge is 1.00 e. The van der Waals surface area contributed by atoms with E-state index in [0.717, 1.165) is 0 Å². The molecular weight excluding hydrogens is 147 g/mol. The summed E-state index contributed by atoms with van der Waals surface area (Å²) in [5.41, 5.74) is 9.24. The molecule has 5 heteroatoms. The van der Waals surface area contributed by atoms with Crippen molar-refractivity contribution in [3.8, 4) is 0 Å². The molecule has 0 amide bonds. The summed E-state index contributed by atoms with van der Waals surface area (Å²) < 4.78 is 0. The summed E-state index contributed by atoms with van der Waals surface area (Å²) in [6.07, 6.45) is 0. The van der Waals surface area contributed by atoms with Crippen LogP contribution in [0, 0.1) is 0 Å². The quantitative estimate of drug-likeness (QED) is 0.267. The van der Waals surface area contributed by atoms with E-state index in [9.17, 15) is 0 Å². The fourth-order valence-corrected chi connectivity index (χ4v) is 0. The summed E-state index contributed by atoms with van der Waals surface area (Å²) in [4.78, 5) is 0. The van der Waals surface area contributed by atoms with Crippen molar-refractivity contribution >= 4 is 17.3 Å². The van der Waals surface area contributed by atoms with Crippen molar-refractivity contribution in [1.29, 1.82) is 0 Å². The summed E-state index contributed by atoms with van der Waals surface area (Å²) in [7, 11) is 0. The van der Waals surface area contributed by atoms with Crippen molar-refractivity contribution in [1.82, 2.24) is 0 Å². The standard InChI is InChI=1S/CH4N2S.ClH.K/c2-1(3)4;;/h(H4,2,3,4);1H;/q;;+1/p-1. The Morgan fingerprint density at radius 3 is 1.33 bits per heavy atom. The number of nitrogens with two attached hydrogens (primary N) is 2. The van der Waals surface area contributed by atoms with Gasteiger partial charge >= 0.3 is 51.4 Å². The van der Waals surface area contributed by atoms with Crippen LogP contribution in [0.15, 0.2) is 0 Å². The molecule has 0 bridgehead atoms. The molecular formula is CH4ClKN2S. The van der Waals surface area contributed by atoms with Crippen LogP contribution >= 0.6 is 12.2 Å². The van der Waals surface area contributed by atoms with Gasteiger partial charge in [-0.15, -0.1) is 0 Å². The molecule has 2 nitrogen and oxygen atoms in total. The van der Waals surface area contributed by atoms with Crippen LogP contribution in [0.25, 0.3) is 0 Å². The Hall–Kier alpha value is 1.62. The molecule has 4 N–H and O–H groups in total. The summed E-state index contributed by atoms with van der Waals surface area (Å²) in [5.74, 6) is 0. The maximum atomic E-state index is 4.62. The van der Waals surface area contributed by atoms with E-state index in [0.29, 0.717) is 0 Å². The van der Waals surface area contributed by atoms with Crippen LogP contribution in [-0.4, -0.2) is 5.11 Å². The second-order valence-corrected chi connectivity index (χ2v) is 0.874. The molecule has 0 aliphatic heterocycles. The maximum Gasteiger partial charge on any atom is 1.00 e. The van der Waals surface area contributed by atoms with Crippen LogP contribution in [0.5, 0.6) is 0 Å². The fourth-order valence-electron chi connectivity index (χ4n) is 0. The van der Waals surface area contributed by atoms with Gasteiger partial charge in [0.25, 0.3) is 0 Å². The summed E-state index contributed by atoms with van der Waals surface area (Å²) in [6, 6.07) is 0. The molecule has 0 aliphatic carbocycles. The minimum atomic E-state index is 0. The normalized spacial score (nSPS) is 4.00. The van der Waals surface area contributed by atoms with E-state index in [2.05, 4.69) is 23.7 Å². The van der Waals surface area contributed by atoms with Crippen LogP contribution < -0.4 is 75.3 Å². The van der Waals surface area contributed by atoms with Crippen LogP contribution in [-0.2, 0) is 0 Å². The molecule has 0 rings (SSSR count). The monoisotopic (exact) mass is 150 g/mol. The summed E-state index contributed by atoms with van der Waals surface area (Å²) in [5, 5.41) is 0.000000000000000222. The van der Waals surface area contributed by atoms with Crippen molar-refractivity contribution < 1.29 is 63.8 Å². The summed E-state index contributed by atoms with van der Waals surface area (Å²) in [6.45, 7) is 0. The van der Waals surface area contributed by atoms with E-state index in [1.807, 2.05) is 0 Å². The molecule has 0 aromatic rings. The first kappa shape index (κ1) is 15.6. The van der Waals surface area contributed by atoms with Crippen LogP contribution in [0.3, 0.4) is 0 Å². The molecule has 0 aliphatic rings. The second-order valence-electron chi connectivity index (χ2n) is 0.402. The van der Waals surface area contributed by atoms with Gasteiger partial charge in [-0.05, 0) is 12.2 Å². The third-order valence-corrected chi connectivity index (χ3v) is 0. The Morgan fingerprint density at radius 1 is 1.33 bits per heavy atom. The van der Waals surface area contributed by atoms with Gasteiger partial charge in [-0.1, -0.05) is 0 Å². The molecule has 0 radical (unpaired) electrons. The van der Waals surface area contributed by atoms with Gasteiger partial charge in [-0.2, -0.15) is 0 Å². The van der Waals surface area contributed by atoms with Gasteiger partial charge in [-0.3, -0.25) is 0 Å². The molecule has 0 fully saturated rings. The predicted molar refractivity (Wildman–Crippen MR) is 21.0 cm³/mol. The Bertz CT molecular complexity index is 36.5. The average Bonchev–Trinajstić information content (AvgIpc) is 0.811. The van der Waals surface area contributed by atoms with Gasteiger partial charge in [0.1, 0.15) is 0 Å². The van der Waals surface area contributed by atoms with Crippen molar-refractivity contribution in [3.63, 3.8) is 0 Å². The Morgan fingerprint density at radius 2 is 1.33 bits per heavy atom. The van der Waals surface area contributed by atoms with Gasteiger partial charge in [0.05, 0.1) is 0 Å². The van der Waals surface area contributed by atoms with Gasteiger partial charge in [0.2, 0.25) is 0 Å². The summed E-state index contributed by atoms with van der Waals surface area (Å²) >= 11 is 4.09. The largest absolute Gasteiger partial charge is 1.00 e. The second kappa shape index (κ2) is 9.79. The van der Waals surface area contributed by atoms with E-state index in [4.69, 9.17) is 0 Å². The van der Waals surface area contributed by atoms with Crippen LogP contribution in [0.4, 0.5) is 0 Å². The van der Waals surface area contributed by atoms with Gasteiger partial charge in [0, 0.05) is 0 Å². The Balaban J connectivity index is -0.0000000450. The molecule has 0 unspecified atom stereocenters. The SMILES string of the molecule is NC(N)=S.[Cl-].[K+]. The van der Waals surface area contributed by atoms with Crippen LogP contribution in [0.2, 0.25) is 0 Å². The molecule has 0 aromatic carbocycles. The first-order valence-corrected chi connectivity index (χ1v) is 1.19. The van der Waals surface area contributed by atoms with E-state index in [1.54, 1.807) is 0 Å². The number of hydrogen-bond acceptors (Lipinski definition) is 1. The molecule has 0 atom stereocenters.